The predicted octanol–water partition coefficient (Wildman–Crippen LogP) is 3.62. The molecular weight excluding hydrogens is 265 g/mol. The Morgan fingerprint density at radius 3 is 2.84 bits per heavy atom. The summed E-state index contributed by atoms with van der Waals surface area (Å²) >= 11 is 6.12. The van der Waals surface area contributed by atoms with Crippen molar-refractivity contribution in [3.05, 3.63) is 47.4 Å². The van der Waals surface area contributed by atoms with Crippen LogP contribution in [0.4, 0.5) is 10.1 Å². The third-order valence-corrected chi connectivity index (χ3v) is 3.46. The van der Waals surface area contributed by atoms with E-state index in [1.807, 2.05) is 25.2 Å². The summed E-state index contributed by atoms with van der Waals surface area (Å²) in [5.41, 5.74) is 8.01. The number of aryl methyl sites for hydroxylation is 1. The highest BCUT2D eigenvalue weighted by atomic mass is 35.5. The molecule has 5 heteroatoms. The quantitative estimate of drug-likeness (QED) is 0.690. The first-order chi connectivity index (χ1) is 9.06. The normalized spacial score (nSPS) is 11.1. The Labute approximate surface area is 114 Å². The fraction of sp³-hybridized carbons (Fsp3) is 0.0714. The maximum absolute atomic E-state index is 13.6. The van der Waals surface area contributed by atoms with Crippen molar-refractivity contribution in [2.75, 3.05) is 5.73 Å². The van der Waals surface area contributed by atoms with Crippen molar-refractivity contribution in [2.45, 2.75) is 0 Å². The third-order valence-electron chi connectivity index (χ3n) is 3.14. The second-order valence-electron chi connectivity index (χ2n) is 4.40. The summed E-state index contributed by atoms with van der Waals surface area (Å²) in [7, 11) is 1.87. The van der Waals surface area contributed by atoms with Crippen molar-refractivity contribution in [3.8, 4) is 11.1 Å². The molecule has 19 heavy (non-hydrogen) atoms. The number of hydrogen-bond donors (Lipinski definition) is 1. The van der Waals surface area contributed by atoms with E-state index in [4.69, 9.17) is 17.3 Å². The lowest BCUT2D eigenvalue weighted by molar-refractivity contribution is 0.633. The molecule has 2 aromatic carbocycles. The van der Waals surface area contributed by atoms with E-state index in [0.29, 0.717) is 10.6 Å². The molecule has 0 unspecified atom stereocenters. The van der Waals surface area contributed by atoms with Gasteiger partial charge in [-0.05, 0) is 29.8 Å². The highest BCUT2D eigenvalue weighted by molar-refractivity contribution is 6.33. The van der Waals surface area contributed by atoms with Crippen molar-refractivity contribution in [3.63, 3.8) is 0 Å². The molecule has 0 radical (unpaired) electrons. The van der Waals surface area contributed by atoms with E-state index in [9.17, 15) is 4.39 Å². The maximum Gasteiger partial charge on any atom is 0.146 e. The molecule has 0 amide bonds. The topological polar surface area (TPSA) is 43.8 Å². The van der Waals surface area contributed by atoms with E-state index in [1.54, 1.807) is 10.9 Å². The molecular formula is C14H11ClFN3. The molecule has 2 N–H and O–H groups in total. The maximum atomic E-state index is 13.6. The molecule has 3 nitrogen and oxygen atoms in total. The molecule has 1 aromatic heterocycles. The number of anilines is 1. The van der Waals surface area contributed by atoms with Crippen LogP contribution in [0.3, 0.4) is 0 Å². The average Bonchev–Trinajstić information content (AvgIpc) is 2.75. The van der Waals surface area contributed by atoms with E-state index < -0.39 is 5.82 Å². The Balaban J connectivity index is 2.21. The van der Waals surface area contributed by atoms with E-state index >= 15 is 0 Å². The summed E-state index contributed by atoms with van der Waals surface area (Å²) in [6.45, 7) is 0. The van der Waals surface area contributed by atoms with E-state index in [-0.39, 0.29) is 5.69 Å². The second kappa shape index (κ2) is 4.24. The Kier molecular flexibility index (Phi) is 2.68. The minimum absolute atomic E-state index is 0.0520. The molecule has 3 aromatic rings. The highest BCUT2D eigenvalue weighted by Crippen LogP contribution is 2.32. The molecule has 0 saturated carbocycles. The fourth-order valence-electron chi connectivity index (χ4n) is 2.11. The first-order valence-corrected chi connectivity index (χ1v) is 6.11. The van der Waals surface area contributed by atoms with Gasteiger partial charge >= 0.3 is 0 Å². The van der Waals surface area contributed by atoms with Gasteiger partial charge in [0, 0.05) is 18.0 Å². The summed E-state index contributed by atoms with van der Waals surface area (Å²) in [4.78, 5) is 0. The molecule has 96 valence electrons. The number of nitrogens with two attached hydrogens (primary N) is 1. The molecule has 3 rings (SSSR count). The number of rotatable bonds is 1. The molecule has 0 bridgehead atoms. The molecule has 0 atom stereocenters. The first-order valence-electron chi connectivity index (χ1n) is 5.73. The van der Waals surface area contributed by atoms with Crippen LogP contribution in [-0.2, 0) is 7.05 Å². The Morgan fingerprint density at radius 2 is 2.05 bits per heavy atom. The van der Waals surface area contributed by atoms with Gasteiger partial charge in [-0.2, -0.15) is 5.10 Å². The SMILES string of the molecule is Cn1ncc2cc(-c3cc(F)c(N)cc3Cl)ccc21. The largest absolute Gasteiger partial charge is 0.396 e. The van der Waals surface area contributed by atoms with Crippen molar-refractivity contribution < 1.29 is 4.39 Å². The molecule has 0 aliphatic carbocycles. The minimum atomic E-state index is -0.467. The van der Waals surface area contributed by atoms with Gasteiger partial charge in [0.25, 0.3) is 0 Å². The predicted molar refractivity (Wildman–Crippen MR) is 75.5 cm³/mol. The molecule has 0 aliphatic heterocycles. The van der Waals surface area contributed by atoms with Crippen LogP contribution in [0.25, 0.3) is 22.0 Å². The number of halogens is 2. The molecule has 0 saturated heterocycles. The minimum Gasteiger partial charge on any atom is -0.396 e. The Hall–Kier alpha value is -2.07. The number of fused-ring (bicyclic) bond motifs is 1. The smallest absolute Gasteiger partial charge is 0.146 e. The second-order valence-corrected chi connectivity index (χ2v) is 4.80. The van der Waals surface area contributed by atoms with Crippen LogP contribution in [0.1, 0.15) is 0 Å². The Morgan fingerprint density at radius 1 is 1.26 bits per heavy atom. The van der Waals surface area contributed by atoms with Gasteiger partial charge in [0.1, 0.15) is 5.82 Å². The number of nitrogens with zero attached hydrogens (tertiary/aromatic N) is 2. The van der Waals surface area contributed by atoms with Crippen LogP contribution >= 0.6 is 11.6 Å². The van der Waals surface area contributed by atoms with E-state index in [0.717, 1.165) is 16.5 Å². The van der Waals surface area contributed by atoms with Gasteiger partial charge in [0.15, 0.2) is 0 Å². The molecule has 0 fully saturated rings. The molecule has 1 heterocycles. The monoisotopic (exact) mass is 275 g/mol. The zero-order chi connectivity index (χ0) is 13.6. The van der Waals surface area contributed by atoms with Gasteiger partial charge < -0.3 is 5.73 Å². The van der Waals surface area contributed by atoms with E-state index in [1.165, 1.54) is 12.1 Å². The van der Waals surface area contributed by atoms with Gasteiger partial charge in [-0.25, -0.2) is 4.39 Å². The van der Waals surface area contributed by atoms with Crippen LogP contribution in [0, 0.1) is 5.82 Å². The van der Waals surface area contributed by atoms with Crippen molar-refractivity contribution >= 4 is 28.2 Å². The third kappa shape index (κ3) is 1.94. The van der Waals surface area contributed by atoms with Gasteiger partial charge in [0.2, 0.25) is 0 Å². The summed E-state index contributed by atoms with van der Waals surface area (Å²) in [5.74, 6) is -0.467. The summed E-state index contributed by atoms with van der Waals surface area (Å²) in [6.07, 6.45) is 1.76. The Bertz CT molecular complexity index is 780. The summed E-state index contributed by atoms with van der Waals surface area (Å²) in [5, 5.41) is 5.59. The van der Waals surface area contributed by atoms with Crippen LogP contribution < -0.4 is 5.73 Å². The average molecular weight is 276 g/mol. The van der Waals surface area contributed by atoms with Gasteiger partial charge in [-0.1, -0.05) is 17.7 Å². The van der Waals surface area contributed by atoms with Gasteiger partial charge in [-0.3, -0.25) is 4.68 Å². The first kappa shape index (κ1) is 12.0. The number of nitrogen functional groups attached to an aromatic ring is 1. The number of benzene rings is 2. The van der Waals surface area contributed by atoms with E-state index in [2.05, 4.69) is 5.10 Å². The van der Waals surface area contributed by atoms with Crippen LogP contribution in [0.2, 0.25) is 5.02 Å². The van der Waals surface area contributed by atoms with Crippen molar-refractivity contribution in [1.29, 1.82) is 0 Å². The van der Waals surface area contributed by atoms with Crippen LogP contribution in [0.5, 0.6) is 0 Å². The lowest BCUT2D eigenvalue weighted by Gasteiger charge is -2.07. The lowest BCUT2D eigenvalue weighted by atomic mass is 10.0. The van der Waals surface area contributed by atoms with Crippen molar-refractivity contribution in [1.82, 2.24) is 9.78 Å². The number of hydrogen-bond acceptors (Lipinski definition) is 2. The zero-order valence-corrected chi connectivity index (χ0v) is 10.9. The zero-order valence-electron chi connectivity index (χ0n) is 10.2. The molecule has 0 aliphatic rings. The summed E-state index contributed by atoms with van der Waals surface area (Å²) in [6, 6.07) is 8.54. The summed E-state index contributed by atoms with van der Waals surface area (Å²) < 4.78 is 15.3. The van der Waals surface area contributed by atoms with Crippen molar-refractivity contribution in [2.24, 2.45) is 7.05 Å². The van der Waals surface area contributed by atoms with Crippen LogP contribution in [-0.4, -0.2) is 9.78 Å². The fourth-order valence-corrected chi connectivity index (χ4v) is 2.40. The standard InChI is InChI=1S/C14H11ClFN3/c1-19-14-3-2-8(4-9(14)7-18-19)10-5-12(16)13(17)6-11(10)15/h2-7H,17H2,1H3. The molecule has 0 spiro atoms. The van der Waals surface area contributed by atoms with Gasteiger partial charge in [0.05, 0.1) is 22.4 Å². The van der Waals surface area contributed by atoms with Crippen LogP contribution in [0.15, 0.2) is 36.5 Å². The van der Waals surface area contributed by atoms with Gasteiger partial charge in [-0.15, -0.1) is 0 Å². The number of aromatic nitrogens is 2. The lowest BCUT2D eigenvalue weighted by Crippen LogP contribution is -1.92. The highest BCUT2D eigenvalue weighted by Gasteiger charge is 2.10.